The van der Waals surface area contributed by atoms with Gasteiger partial charge in [-0.25, -0.2) is 9.97 Å². The van der Waals surface area contributed by atoms with E-state index in [0.717, 1.165) is 12.0 Å². The summed E-state index contributed by atoms with van der Waals surface area (Å²) in [6.45, 7) is 3.29. The van der Waals surface area contributed by atoms with Crippen LogP contribution in [0.4, 0.5) is 17.3 Å². The van der Waals surface area contributed by atoms with Gasteiger partial charge in [-0.15, -0.1) is 0 Å². The van der Waals surface area contributed by atoms with Gasteiger partial charge in [-0.3, -0.25) is 4.79 Å². The normalized spacial score (nSPS) is 13.2. The molecular formula is C16H18N4O2. The van der Waals surface area contributed by atoms with E-state index < -0.39 is 0 Å². The van der Waals surface area contributed by atoms with E-state index in [9.17, 15) is 4.79 Å². The number of hydrogen-bond acceptors (Lipinski definition) is 5. The predicted molar refractivity (Wildman–Crippen MR) is 84.7 cm³/mol. The molecule has 0 bridgehead atoms. The van der Waals surface area contributed by atoms with Crippen molar-refractivity contribution in [2.75, 3.05) is 30.5 Å². The van der Waals surface area contributed by atoms with Crippen LogP contribution in [0.1, 0.15) is 22.8 Å². The monoisotopic (exact) mass is 298 g/mol. The SMILES string of the molecule is CCN1c2ncccc2NC(=O)c2cc(CCOC)cnc21. The largest absolute Gasteiger partial charge is 0.384 e. The van der Waals surface area contributed by atoms with Gasteiger partial charge in [0.2, 0.25) is 0 Å². The fourth-order valence-corrected chi connectivity index (χ4v) is 2.54. The average molecular weight is 298 g/mol. The van der Waals surface area contributed by atoms with Crippen LogP contribution in [-0.2, 0) is 11.2 Å². The number of carbonyl (C=O) groups is 1. The van der Waals surface area contributed by atoms with E-state index in [1.807, 2.05) is 24.0 Å². The first-order valence-electron chi connectivity index (χ1n) is 7.26. The van der Waals surface area contributed by atoms with Crippen LogP contribution in [0.2, 0.25) is 0 Å². The van der Waals surface area contributed by atoms with Crippen molar-refractivity contribution >= 4 is 23.2 Å². The van der Waals surface area contributed by atoms with Gasteiger partial charge in [-0.1, -0.05) is 0 Å². The molecule has 22 heavy (non-hydrogen) atoms. The van der Waals surface area contributed by atoms with Crippen molar-refractivity contribution in [3.05, 3.63) is 41.7 Å². The zero-order valence-electron chi connectivity index (χ0n) is 12.7. The summed E-state index contributed by atoms with van der Waals surface area (Å²) < 4.78 is 5.09. The number of carbonyl (C=O) groups excluding carboxylic acids is 1. The number of fused-ring (bicyclic) bond motifs is 2. The highest BCUT2D eigenvalue weighted by Crippen LogP contribution is 2.34. The molecule has 0 atom stereocenters. The third kappa shape index (κ3) is 2.53. The molecular weight excluding hydrogens is 280 g/mol. The maximum absolute atomic E-state index is 12.5. The summed E-state index contributed by atoms with van der Waals surface area (Å²) in [5.74, 6) is 1.19. The molecule has 0 saturated heterocycles. The van der Waals surface area contributed by atoms with Crippen LogP contribution in [0.5, 0.6) is 0 Å². The van der Waals surface area contributed by atoms with E-state index in [4.69, 9.17) is 4.74 Å². The summed E-state index contributed by atoms with van der Waals surface area (Å²) in [5, 5.41) is 2.91. The van der Waals surface area contributed by atoms with Crippen LogP contribution in [0, 0.1) is 0 Å². The molecule has 1 N–H and O–H groups in total. The predicted octanol–water partition coefficient (Wildman–Crippen LogP) is 2.39. The molecule has 6 nitrogen and oxygen atoms in total. The lowest BCUT2D eigenvalue weighted by molar-refractivity contribution is 0.102. The lowest BCUT2D eigenvalue weighted by atomic mass is 10.1. The van der Waals surface area contributed by atoms with Gasteiger partial charge < -0.3 is 15.0 Å². The molecule has 3 rings (SSSR count). The number of nitrogens with zero attached hydrogens (tertiary/aromatic N) is 3. The van der Waals surface area contributed by atoms with Crippen molar-refractivity contribution in [1.29, 1.82) is 0 Å². The molecule has 0 spiro atoms. The fourth-order valence-electron chi connectivity index (χ4n) is 2.54. The summed E-state index contributed by atoms with van der Waals surface area (Å²) in [6.07, 6.45) is 4.23. The molecule has 1 aliphatic heterocycles. The molecule has 1 aliphatic rings. The molecule has 2 aromatic rings. The number of hydrogen-bond donors (Lipinski definition) is 1. The summed E-state index contributed by atoms with van der Waals surface area (Å²) >= 11 is 0. The zero-order valence-corrected chi connectivity index (χ0v) is 12.7. The van der Waals surface area contributed by atoms with Crippen molar-refractivity contribution in [3.63, 3.8) is 0 Å². The Hall–Kier alpha value is -2.47. The molecule has 0 fully saturated rings. The van der Waals surface area contributed by atoms with Crippen LogP contribution in [0.25, 0.3) is 0 Å². The van der Waals surface area contributed by atoms with Gasteiger partial charge in [0.1, 0.15) is 5.82 Å². The highest BCUT2D eigenvalue weighted by molar-refractivity contribution is 6.11. The Morgan fingerprint density at radius 1 is 1.32 bits per heavy atom. The molecule has 0 aromatic carbocycles. The minimum Gasteiger partial charge on any atom is -0.384 e. The fraction of sp³-hybridized carbons (Fsp3) is 0.312. The molecule has 0 unspecified atom stereocenters. The van der Waals surface area contributed by atoms with Crippen molar-refractivity contribution in [2.45, 2.75) is 13.3 Å². The maximum atomic E-state index is 12.5. The minimum atomic E-state index is -0.160. The van der Waals surface area contributed by atoms with Crippen molar-refractivity contribution in [1.82, 2.24) is 9.97 Å². The number of nitrogens with one attached hydrogen (secondary N) is 1. The lowest BCUT2D eigenvalue weighted by Gasteiger charge is -2.21. The van der Waals surface area contributed by atoms with E-state index in [2.05, 4.69) is 15.3 Å². The van der Waals surface area contributed by atoms with Gasteiger partial charge >= 0.3 is 0 Å². The smallest absolute Gasteiger partial charge is 0.259 e. The van der Waals surface area contributed by atoms with Gasteiger partial charge in [-0.05, 0) is 37.1 Å². The minimum absolute atomic E-state index is 0.160. The number of amides is 1. The van der Waals surface area contributed by atoms with Crippen molar-refractivity contribution in [2.24, 2.45) is 0 Å². The van der Waals surface area contributed by atoms with Crippen LogP contribution in [-0.4, -0.2) is 36.1 Å². The zero-order chi connectivity index (χ0) is 15.5. The van der Waals surface area contributed by atoms with Crippen LogP contribution >= 0.6 is 0 Å². The number of pyridine rings is 2. The summed E-state index contributed by atoms with van der Waals surface area (Å²) in [7, 11) is 1.66. The topological polar surface area (TPSA) is 67.4 Å². The first kappa shape index (κ1) is 14.5. The van der Waals surface area contributed by atoms with E-state index in [-0.39, 0.29) is 5.91 Å². The summed E-state index contributed by atoms with van der Waals surface area (Å²) in [5.41, 5.74) is 2.24. The van der Waals surface area contributed by atoms with E-state index in [1.54, 1.807) is 25.6 Å². The van der Waals surface area contributed by atoms with Gasteiger partial charge in [0.05, 0.1) is 17.9 Å². The molecule has 0 radical (unpaired) electrons. The quantitative estimate of drug-likeness (QED) is 0.938. The van der Waals surface area contributed by atoms with Gasteiger partial charge in [-0.2, -0.15) is 0 Å². The Kier molecular flexibility index (Phi) is 4.02. The standard InChI is InChI=1S/C16H18N4O2/c1-3-20-14-12(9-11(10-18-14)6-8-22-2)16(21)19-13-5-4-7-17-15(13)20/h4-5,7,9-10H,3,6,8H2,1-2H3,(H,19,21). The number of anilines is 3. The number of methoxy groups -OCH3 is 1. The molecule has 0 saturated carbocycles. The Morgan fingerprint density at radius 2 is 2.18 bits per heavy atom. The molecule has 0 aliphatic carbocycles. The highest BCUT2D eigenvalue weighted by Gasteiger charge is 2.26. The van der Waals surface area contributed by atoms with Crippen molar-refractivity contribution in [3.8, 4) is 0 Å². The Morgan fingerprint density at radius 3 is 2.95 bits per heavy atom. The van der Waals surface area contributed by atoms with E-state index in [0.29, 0.717) is 36.0 Å². The summed E-state index contributed by atoms with van der Waals surface area (Å²) in [4.78, 5) is 23.4. The number of ether oxygens (including phenoxy) is 1. The van der Waals surface area contributed by atoms with Gasteiger partial charge in [0, 0.05) is 26.0 Å². The lowest BCUT2D eigenvalue weighted by Crippen LogP contribution is -2.20. The summed E-state index contributed by atoms with van der Waals surface area (Å²) in [6, 6.07) is 5.53. The Bertz CT molecular complexity index is 702. The molecule has 3 heterocycles. The molecule has 6 heteroatoms. The Balaban J connectivity index is 2.08. The second kappa shape index (κ2) is 6.11. The third-order valence-electron chi connectivity index (χ3n) is 3.63. The van der Waals surface area contributed by atoms with Crippen LogP contribution in [0.3, 0.4) is 0 Å². The van der Waals surface area contributed by atoms with Gasteiger partial charge in [0.25, 0.3) is 5.91 Å². The van der Waals surface area contributed by atoms with E-state index >= 15 is 0 Å². The van der Waals surface area contributed by atoms with Gasteiger partial charge in [0.15, 0.2) is 5.82 Å². The molecule has 114 valence electrons. The van der Waals surface area contributed by atoms with Crippen molar-refractivity contribution < 1.29 is 9.53 Å². The number of rotatable bonds is 4. The second-order valence-corrected chi connectivity index (χ2v) is 5.03. The van der Waals surface area contributed by atoms with E-state index in [1.165, 1.54) is 0 Å². The van der Waals surface area contributed by atoms with Crippen LogP contribution < -0.4 is 10.2 Å². The van der Waals surface area contributed by atoms with Crippen LogP contribution in [0.15, 0.2) is 30.6 Å². The molecule has 1 amide bonds. The Labute approximate surface area is 129 Å². The highest BCUT2D eigenvalue weighted by atomic mass is 16.5. The number of aromatic nitrogens is 2. The second-order valence-electron chi connectivity index (χ2n) is 5.03. The first-order valence-corrected chi connectivity index (χ1v) is 7.26. The molecule has 2 aromatic heterocycles. The third-order valence-corrected chi connectivity index (χ3v) is 3.63. The average Bonchev–Trinajstić information content (AvgIpc) is 2.66. The first-order chi connectivity index (χ1) is 10.7. The maximum Gasteiger partial charge on any atom is 0.259 e.